The predicted octanol–water partition coefficient (Wildman–Crippen LogP) is 1.69. The molecule has 1 saturated carbocycles. The van der Waals surface area contributed by atoms with Gasteiger partial charge in [-0.25, -0.2) is 4.98 Å². The van der Waals surface area contributed by atoms with E-state index in [0.29, 0.717) is 5.56 Å². The molecule has 0 saturated heterocycles. The molecule has 1 heterocycles. The summed E-state index contributed by atoms with van der Waals surface area (Å²) >= 11 is 0. The molecule has 0 radical (unpaired) electrons. The minimum atomic E-state index is -0.290. The molecule has 0 amide bonds. The number of nitriles is 1. The van der Waals surface area contributed by atoms with Gasteiger partial charge in [0.25, 0.3) is 0 Å². The minimum Gasteiger partial charge on any atom is -0.391 e. The lowest BCUT2D eigenvalue weighted by atomic mass is 9.91. The molecule has 1 fully saturated rings. The van der Waals surface area contributed by atoms with Crippen molar-refractivity contribution in [3.05, 3.63) is 23.9 Å². The van der Waals surface area contributed by atoms with Gasteiger partial charge in [0.2, 0.25) is 0 Å². The van der Waals surface area contributed by atoms with Crippen LogP contribution in [0.1, 0.15) is 31.2 Å². The Kier molecular flexibility index (Phi) is 3.60. The van der Waals surface area contributed by atoms with Gasteiger partial charge in [0.1, 0.15) is 5.82 Å². The smallest absolute Gasteiger partial charge is 0.129 e. The highest BCUT2D eigenvalue weighted by Gasteiger charge is 2.27. The van der Waals surface area contributed by atoms with E-state index in [1.165, 1.54) is 0 Å². The van der Waals surface area contributed by atoms with Gasteiger partial charge in [-0.3, -0.25) is 0 Å². The summed E-state index contributed by atoms with van der Waals surface area (Å²) in [6.45, 7) is 0. The van der Waals surface area contributed by atoms with E-state index < -0.39 is 0 Å². The van der Waals surface area contributed by atoms with Gasteiger partial charge in [0.05, 0.1) is 23.8 Å². The van der Waals surface area contributed by atoms with Crippen LogP contribution in [0.15, 0.2) is 18.3 Å². The van der Waals surface area contributed by atoms with E-state index in [0.717, 1.165) is 31.5 Å². The molecular formula is C13H17N3O. The summed E-state index contributed by atoms with van der Waals surface area (Å²) in [6, 6.07) is 5.68. The Morgan fingerprint density at radius 2 is 2.24 bits per heavy atom. The van der Waals surface area contributed by atoms with Crippen LogP contribution in [0.5, 0.6) is 0 Å². The highest BCUT2D eigenvalue weighted by Crippen LogP contribution is 2.25. The fourth-order valence-corrected chi connectivity index (χ4v) is 2.39. The molecule has 4 nitrogen and oxygen atoms in total. The first-order chi connectivity index (χ1) is 8.22. The average molecular weight is 231 g/mol. The van der Waals surface area contributed by atoms with Gasteiger partial charge in [-0.15, -0.1) is 0 Å². The van der Waals surface area contributed by atoms with Gasteiger partial charge in [0, 0.05) is 13.2 Å². The zero-order chi connectivity index (χ0) is 12.3. The molecule has 1 aromatic heterocycles. The van der Waals surface area contributed by atoms with Crippen molar-refractivity contribution in [1.29, 1.82) is 5.26 Å². The Hall–Kier alpha value is -1.60. The first-order valence-corrected chi connectivity index (χ1v) is 5.99. The van der Waals surface area contributed by atoms with Crippen molar-refractivity contribution in [3.8, 4) is 6.07 Å². The highest BCUT2D eigenvalue weighted by atomic mass is 16.3. The summed E-state index contributed by atoms with van der Waals surface area (Å²) < 4.78 is 0. The van der Waals surface area contributed by atoms with E-state index in [1.54, 1.807) is 18.3 Å². The lowest BCUT2D eigenvalue weighted by Gasteiger charge is -2.35. The van der Waals surface area contributed by atoms with Crippen LogP contribution >= 0.6 is 0 Å². The molecule has 90 valence electrons. The maximum atomic E-state index is 9.99. The van der Waals surface area contributed by atoms with Crippen LogP contribution in [0.2, 0.25) is 0 Å². The van der Waals surface area contributed by atoms with Crippen molar-refractivity contribution in [2.75, 3.05) is 11.9 Å². The quantitative estimate of drug-likeness (QED) is 0.841. The third-order valence-electron chi connectivity index (χ3n) is 3.43. The number of anilines is 1. The Labute approximate surface area is 102 Å². The molecular weight excluding hydrogens is 214 g/mol. The molecule has 0 aromatic carbocycles. The molecule has 1 aliphatic carbocycles. The van der Waals surface area contributed by atoms with E-state index in [2.05, 4.69) is 11.1 Å². The summed E-state index contributed by atoms with van der Waals surface area (Å²) in [5.74, 6) is 0.759. The first-order valence-electron chi connectivity index (χ1n) is 5.99. The number of nitrogens with zero attached hydrogens (tertiary/aromatic N) is 3. The second kappa shape index (κ2) is 5.15. The van der Waals surface area contributed by atoms with Crippen molar-refractivity contribution in [1.82, 2.24) is 4.98 Å². The second-order valence-electron chi connectivity index (χ2n) is 4.54. The maximum absolute atomic E-state index is 9.99. The summed E-state index contributed by atoms with van der Waals surface area (Å²) in [7, 11) is 1.93. The minimum absolute atomic E-state index is 0.116. The van der Waals surface area contributed by atoms with Crippen molar-refractivity contribution in [3.63, 3.8) is 0 Å². The number of likely N-dealkylation sites (N-methyl/N-ethyl adjacent to an activating group) is 1. The number of aliphatic hydroxyl groups is 1. The van der Waals surface area contributed by atoms with Crippen LogP contribution in [-0.2, 0) is 0 Å². The summed E-state index contributed by atoms with van der Waals surface area (Å²) in [6.07, 6.45) is 5.42. The summed E-state index contributed by atoms with van der Waals surface area (Å²) in [5, 5.41) is 18.9. The lowest BCUT2D eigenvalue weighted by molar-refractivity contribution is 0.106. The highest BCUT2D eigenvalue weighted by molar-refractivity contribution is 5.45. The first kappa shape index (κ1) is 11.9. The molecule has 0 spiro atoms. The Bertz CT molecular complexity index is 427. The molecule has 2 atom stereocenters. The summed E-state index contributed by atoms with van der Waals surface area (Å²) in [4.78, 5) is 6.25. The molecule has 1 aromatic rings. The number of rotatable bonds is 2. The van der Waals surface area contributed by atoms with Crippen LogP contribution in [0.25, 0.3) is 0 Å². The molecule has 17 heavy (non-hydrogen) atoms. The van der Waals surface area contributed by atoms with Crippen molar-refractivity contribution in [2.45, 2.75) is 37.8 Å². The number of hydrogen-bond acceptors (Lipinski definition) is 4. The van der Waals surface area contributed by atoms with Gasteiger partial charge in [-0.1, -0.05) is 12.8 Å². The molecule has 2 rings (SSSR count). The Morgan fingerprint density at radius 1 is 1.47 bits per heavy atom. The SMILES string of the molecule is CN(c1cc(C#N)ccn1)C1CCCCC1O. The number of pyridine rings is 1. The van der Waals surface area contributed by atoms with Crippen LogP contribution in [0.3, 0.4) is 0 Å². The molecule has 0 bridgehead atoms. The molecule has 1 aliphatic rings. The molecule has 4 heteroatoms. The predicted molar refractivity (Wildman–Crippen MR) is 65.6 cm³/mol. The van der Waals surface area contributed by atoms with E-state index in [-0.39, 0.29) is 12.1 Å². The second-order valence-corrected chi connectivity index (χ2v) is 4.54. The van der Waals surface area contributed by atoms with Crippen LogP contribution < -0.4 is 4.90 Å². The standard InChI is InChI=1S/C13H17N3O/c1-16(11-4-2-3-5-12(11)17)13-8-10(9-14)6-7-15-13/h6-8,11-12,17H,2-5H2,1H3. The fourth-order valence-electron chi connectivity index (χ4n) is 2.39. The van der Waals surface area contributed by atoms with E-state index in [9.17, 15) is 5.11 Å². The topological polar surface area (TPSA) is 60.2 Å². The maximum Gasteiger partial charge on any atom is 0.129 e. The van der Waals surface area contributed by atoms with Crippen LogP contribution in [0.4, 0.5) is 5.82 Å². The average Bonchev–Trinajstić information content (AvgIpc) is 2.38. The van der Waals surface area contributed by atoms with Gasteiger partial charge >= 0.3 is 0 Å². The summed E-state index contributed by atoms with van der Waals surface area (Å²) in [5.41, 5.74) is 0.604. The van der Waals surface area contributed by atoms with E-state index >= 15 is 0 Å². The Morgan fingerprint density at radius 3 is 2.94 bits per heavy atom. The molecule has 0 aliphatic heterocycles. The normalized spacial score (nSPS) is 24.1. The van der Waals surface area contributed by atoms with Gasteiger partial charge in [-0.2, -0.15) is 5.26 Å². The Balaban J connectivity index is 2.18. The van der Waals surface area contributed by atoms with Gasteiger partial charge in [-0.05, 0) is 25.0 Å². The number of aromatic nitrogens is 1. The van der Waals surface area contributed by atoms with Gasteiger partial charge in [0.15, 0.2) is 0 Å². The largest absolute Gasteiger partial charge is 0.391 e. The van der Waals surface area contributed by atoms with Gasteiger partial charge < -0.3 is 10.0 Å². The fraction of sp³-hybridized carbons (Fsp3) is 0.538. The lowest BCUT2D eigenvalue weighted by Crippen LogP contribution is -2.43. The van der Waals surface area contributed by atoms with E-state index in [4.69, 9.17) is 5.26 Å². The third kappa shape index (κ3) is 2.56. The monoisotopic (exact) mass is 231 g/mol. The van der Waals surface area contributed by atoms with Crippen molar-refractivity contribution in [2.24, 2.45) is 0 Å². The van der Waals surface area contributed by atoms with E-state index in [1.807, 2.05) is 11.9 Å². The van der Waals surface area contributed by atoms with Crippen molar-refractivity contribution < 1.29 is 5.11 Å². The number of hydrogen-bond donors (Lipinski definition) is 1. The number of aliphatic hydroxyl groups excluding tert-OH is 1. The third-order valence-corrected chi connectivity index (χ3v) is 3.43. The molecule has 2 unspecified atom stereocenters. The van der Waals surface area contributed by atoms with Crippen LogP contribution in [0, 0.1) is 11.3 Å². The zero-order valence-electron chi connectivity index (χ0n) is 10.0. The molecule has 1 N–H and O–H groups in total. The zero-order valence-corrected chi connectivity index (χ0v) is 10.0. The van der Waals surface area contributed by atoms with Crippen molar-refractivity contribution >= 4 is 5.82 Å². The van der Waals surface area contributed by atoms with Crippen LogP contribution in [-0.4, -0.2) is 29.3 Å².